The van der Waals surface area contributed by atoms with Crippen LogP contribution in [0.2, 0.25) is 0 Å². The molecule has 8 heteroatoms. The Labute approximate surface area is 171 Å². The molecule has 2 aromatic carbocycles. The fourth-order valence-electron chi connectivity index (χ4n) is 3.17. The van der Waals surface area contributed by atoms with E-state index in [1.54, 1.807) is 31.2 Å². The molecule has 1 aliphatic heterocycles. The molecule has 0 radical (unpaired) electrons. The van der Waals surface area contributed by atoms with Crippen LogP contribution in [0.15, 0.2) is 48.5 Å². The summed E-state index contributed by atoms with van der Waals surface area (Å²) in [7, 11) is -3.53. The normalized spacial score (nSPS) is 17.1. The zero-order chi connectivity index (χ0) is 21.0. The van der Waals surface area contributed by atoms with Crippen LogP contribution in [0.1, 0.15) is 32.4 Å². The predicted molar refractivity (Wildman–Crippen MR) is 112 cm³/mol. The summed E-state index contributed by atoms with van der Waals surface area (Å²) < 4.78 is 37.6. The number of carbonyl (C=O) groups excluding carboxylic acids is 1. The van der Waals surface area contributed by atoms with Gasteiger partial charge in [-0.25, -0.2) is 8.42 Å². The van der Waals surface area contributed by atoms with E-state index in [0.29, 0.717) is 18.0 Å². The standard InChI is InChI=1S/C21H26N2O5S/c1-4-27-17-12-10-16(11-13-17)15(3)22-21(24)20-14-23(29(25,26)5-2)18-8-6-7-9-19(18)28-20/h6-13,15,20H,4-5,14H2,1-3H3,(H,22,24). The lowest BCUT2D eigenvalue weighted by Crippen LogP contribution is -2.51. The molecule has 1 N–H and O–H groups in total. The fourth-order valence-corrected chi connectivity index (χ4v) is 4.29. The van der Waals surface area contributed by atoms with E-state index in [9.17, 15) is 13.2 Å². The Hall–Kier alpha value is -2.74. The molecule has 1 amide bonds. The summed E-state index contributed by atoms with van der Waals surface area (Å²) in [6, 6.07) is 14.1. The van der Waals surface area contributed by atoms with Gasteiger partial charge in [0.15, 0.2) is 6.10 Å². The number of benzene rings is 2. The number of nitrogens with one attached hydrogen (secondary N) is 1. The summed E-state index contributed by atoms with van der Waals surface area (Å²) in [6.07, 6.45) is -0.934. The van der Waals surface area contributed by atoms with E-state index in [-0.39, 0.29) is 24.2 Å². The first-order valence-electron chi connectivity index (χ1n) is 9.65. The predicted octanol–water partition coefficient (Wildman–Crippen LogP) is 2.88. The zero-order valence-electron chi connectivity index (χ0n) is 16.8. The third-order valence-corrected chi connectivity index (χ3v) is 6.52. The minimum atomic E-state index is -3.53. The van der Waals surface area contributed by atoms with Gasteiger partial charge < -0.3 is 14.8 Å². The second kappa shape index (κ2) is 8.73. The molecule has 0 spiro atoms. The lowest BCUT2D eigenvalue weighted by Gasteiger charge is -2.35. The van der Waals surface area contributed by atoms with Crippen molar-refractivity contribution < 1.29 is 22.7 Å². The number of sulfonamides is 1. The number of fused-ring (bicyclic) bond motifs is 1. The zero-order valence-corrected chi connectivity index (χ0v) is 17.6. The summed E-state index contributed by atoms with van der Waals surface area (Å²) >= 11 is 0. The quantitative estimate of drug-likeness (QED) is 0.747. The van der Waals surface area contributed by atoms with E-state index >= 15 is 0 Å². The Balaban J connectivity index is 1.75. The van der Waals surface area contributed by atoms with E-state index in [0.717, 1.165) is 11.3 Å². The van der Waals surface area contributed by atoms with E-state index in [2.05, 4.69) is 5.32 Å². The first-order valence-corrected chi connectivity index (χ1v) is 11.3. The lowest BCUT2D eigenvalue weighted by molar-refractivity contribution is -0.128. The monoisotopic (exact) mass is 418 g/mol. The van der Waals surface area contributed by atoms with Gasteiger partial charge in [-0.05, 0) is 50.6 Å². The molecule has 1 aliphatic rings. The maximum atomic E-state index is 12.8. The molecule has 0 aromatic heterocycles. The molecule has 2 aromatic rings. The first kappa shape index (κ1) is 21.0. The van der Waals surface area contributed by atoms with Crippen molar-refractivity contribution in [1.82, 2.24) is 5.32 Å². The highest BCUT2D eigenvalue weighted by molar-refractivity contribution is 7.92. The van der Waals surface area contributed by atoms with Crippen LogP contribution in [-0.2, 0) is 14.8 Å². The average Bonchev–Trinajstić information content (AvgIpc) is 2.73. The van der Waals surface area contributed by atoms with E-state index in [4.69, 9.17) is 9.47 Å². The number of hydrogen-bond acceptors (Lipinski definition) is 5. The summed E-state index contributed by atoms with van der Waals surface area (Å²) in [5.41, 5.74) is 1.37. The van der Waals surface area contributed by atoms with Gasteiger partial charge in [0, 0.05) is 0 Å². The maximum Gasteiger partial charge on any atom is 0.263 e. The second-order valence-corrected chi connectivity index (χ2v) is 8.92. The molecule has 0 saturated carbocycles. The van der Waals surface area contributed by atoms with Gasteiger partial charge in [-0.15, -0.1) is 0 Å². The highest BCUT2D eigenvalue weighted by Gasteiger charge is 2.36. The van der Waals surface area contributed by atoms with Crippen molar-refractivity contribution in [2.24, 2.45) is 0 Å². The van der Waals surface area contributed by atoms with Crippen molar-refractivity contribution >= 4 is 21.6 Å². The van der Waals surface area contributed by atoms with Crippen molar-refractivity contribution in [1.29, 1.82) is 0 Å². The van der Waals surface area contributed by atoms with Crippen LogP contribution in [0.5, 0.6) is 11.5 Å². The largest absolute Gasteiger partial charge is 0.494 e. The van der Waals surface area contributed by atoms with Crippen LogP contribution in [-0.4, -0.2) is 39.3 Å². The Morgan fingerprint density at radius 1 is 1.21 bits per heavy atom. The van der Waals surface area contributed by atoms with Gasteiger partial charge >= 0.3 is 0 Å². The summed E-state index contributed by atoms with van der Waals surface area (Å²) in [5.74, 6) is 0.724. The third-order valence-electron chi connectivity index (χ3n) is 4.78. The molecule has 29 heavy (non-hydrogen) atoms. The van der Waals surface area contributed by atoms with Crippen LogP contribution >= 0.6 is 0 Å². The molecule has 1 heterocycles. The van der Waals surface area contributed by atoms with Crippen molar-refractivity contribution in [2.45, 2.75) is 32.9 Å². The number of rotatable bonds is 7. The van der Waals surface area contributed by atoms with E-state index in [1.807, 2.05) is 38.1 Å². The van der Waals surface area contributed by atoms with Gasteiger partial charge in [0.25, 0.3) is 5.91 Å². The number of anilines is 1. The van der Waals surface area contributed by atoms with Crippen molar-refractivity contribution in [3.63, 3.8) is 0 Å². The van der Waals surface area contributed by atoms with Gasteiger partial charge in [-0.2, -0.15) is 0 Å². The van der Waals surface area contributed by atoms with Gasteiger partial charge in [0.05, 0.1) is 30.6 Å². The molecule has 0 bridgehead atoms. The summed E-state index contributed by atoms with van der Waals surface area (Å²) in [4.78, 5) is 12.8. The second-order valence-electron chi connectivity index (χ2n) is 6.74. The number of nitrogens with zero attached hydrogens (tertiary/aromatic N) is 1. The lowest BCUT2D eigenvalue weighted by atomic mass is 10.1. The van der Waals surface area contributed by atoms with Crippen molar-refractivity contribution in [3.05, 3.63) is 54.1 Å². The minimum absolute atomic E-state index is 0.0573. The molecule has 0 fully saturated rings. The maximum absolute atomic E-state index is 12.8. The first-order chi connectivity index (χ1) is 13.9. The molecule has 3 rings (SSSR count). The molecular weight excluding hydrogens is 392 g/mol. The molecule has 2 unspecified atom stereocenters. The van der Waals surface area contributed by atoms with E-state index < -0.39 is 16.1 Å². The van der Waals surface area contributed by atoms with Crippen molar-refractivity contribution in [3.8, 4) is 11.5 Å². The molecule has 0 saturated heterocycles. The number of hydrogen-bond donors (Lipinski definition) is 1. The minimum Gasteiger partial charge on any atom is -0.494 e. The fraction of sp³-hybridized carbons (Fsp3) is 0.381. The Bertz CT molecular complexity index is 959. The van der Waals surface area contributed by atoms with Crippen LogP contribution in [0, 0.1) is 0 Å². The summed E-state index contributed by atoms with van der Waals surface area (Å²) in [6.45, 7) is 5.89. The topological polar surface area (TPSA) is 84.9 Å². The highest BCUT2D eigenvalue weighted by Crippen LogP contribution is 2.35. The molecule has 7 nitrogen and oxygen atoms in total. The van der Waals surface area contributed by atoms with E-state index in [1.165, 1.54) is 4.31 Å². The average molecular weight is 419 g/mol. The third kappa shape index (κ3) is 4.64. The van der Waals surface area contributed by atoms with Crippen LogP contribution < -0.4 is 19.1 Å². The Kier molecular flexibility index (Phi) is 6.32. The molecule has 156 valence electrons. The van der Waals surface area contributed by atoms with Gasteiger partial charge in [0.1, 0.15) is 11.5 Å². The van der Waals surface area contributed by atoms with Gasteiger partial charge in [0.2, 0.25) is 10.0 Å². The smallest absolute Gasteiger partial charge is 0.263 e. The SMILES string of the molecule is CCOc1ccc(C(C)NC(=O)C2CN(S(=O)(=O)CC)c3ccccc3O2)cc1. The number of para-hydroxylation sites is 2. The van der Waals surface area contributed by atoms with Crippen LogP contribution in [0.4, 0.5) is 5.69 Å². The highest BCUT2D eigenvalue weighted by atomic mass is 32.2. The Morgan fingerprint density at radius 3 is 2.55 bits per heavy atom. The van der Waals surface area contributed by atoms with Crippen LogP contribution in [0.3, 0.4) is 0 Å². The number of amides is 1. The molecule has 0 aliphatic carbocycles. The van der Waals surface area contributed by atoms with Crippen LogP contribution in [0.25, 0.3) is 0 Å². The Morgan fingerprint density at radius 2 is 1.90 bits per heavy atom. The summed E-state index contributed by atoms with van der Waals surface area (Å²) in [5, 5.41) is 2.91. The van der Waals surface area contributed by atoms with Gasteiger partial charge in [-0.1, -0.05) is 24.3 Å². The van der Waals surface area contributed by atoms with Crippen molar-refractivity contribution in [2.75, 3.05) is 23.2 Å². The number of carbonyl (C=O) groups is 1. The molecular formula is C21H26N2O5S. The number of ether oxygens (including phenoxy) is 2. The molecule has 2 atom stereocenters. The van der Waals surface area contributed by atoms with Gasteiger partial charge in [-0.3, -0.25) is 9.10 Å².